The van der Waals surface area contributed by atoms with Crippen molar-refractivity contribution in [2.24, 2.45) is 23.2 Å². The minimum atomic E-state index is 0.159. The van der Waals surface area contributed by atoms with Crippen molar-refractivity contribution >= 4 is 5.78 Å². The maximum absolute atomic E-state index is 12.5. The van der Waals surface area contributed by atoms with Gasteiger partial charge in [0, 0.05) is 12.3 Å². The van der Waals surface area contributed by atoms with Crippen molar-refractivity contribution < 1.29 is 4.79 Å². The second-order valence-corrected chi connectivity index (χ2v) is 8.31. The fraction of sp³-hybridized carbons (Fsp3) is 0.944. The summed E-state index contributed by atoms with van der Waals surface area (Å²) in [5, 5.41) is 0. The van der Waals surface area contributed by atoms with Crippen LogP contribution in [0.2, 0.25) is 0 Å². The Hall–Kier alpha value is -0.330. The highest BCUT2D eigenvalue weighted by molar-refractivity contribution is 5.81. The molecule has 2 saturated carbocycles. The Labute approximate surface area is 119 Å². The Morgan fingerprint density at radius 3 is 2.21 bits per heavy atom. The molecule has 0 bridgehead atoms. The monoisotopic (exact) mass is 264 g/mol. The summed E-state index contributed by atoms with van der Waals surface area (Å²) in [5.74, 6) is 2.76. The molecule has 2 aliphatic carbocycles. The lowest BCUT2D eigenvalue weighted by atomic mass is 9.81. The van der Waals surface area contributed by atoms with Crippen LogP contribution in [0.1, 0.15) is 85.0 Å². The molecule has 0 aromatic rings. The molecule has 0 spiro atoms. The maximum Gasteiger partial charge on any atom is 0.136 e. The van der Waals surface area contributed by atoms with Crippen LogP contribution in [0.4, 0.5) is 0 Å². The van der Waals surface area contributed by atoms with E-state index in [2.05, 4.69) is 20.8 Å². The van der Waals surface area contributed by atoms with E-state index in [9.17, 15) is 4.79 Å². The maximum atomic E-state index is 12.5. The number of hydrogen-bond donors (Lipinski definition) is 0. The van der Waals surface area contributed by atoms with Crippen LogP contribution in [0.3, 0.4) is 0 Å². The summed E-state index contributed by atoms with van der Waals surface area (Å²) in [6.45, 7) is 6.57. The number of ketones is 1. The van der Waals surface area contributed by atoms with E-state index in [1.54, 1.807) is 0 Å². The van der Waals surface area contributed by atoms with Gasteiger partial charge in [-0.1, -0.05) is 59.3 Å². The normalized spacial score (nSPS) is 22.7. The Kier molecular flexibility index (Phi) is 5.09. The predicted octanol–water partition coefficient (Wildman–Crippen LogP) is 5.38. The first kappa shape index (κ1) is 15.1. The molecular weight excluding hydrogens is 232 g/mol. The highest BCUT2D eigenvalue weighted by Gasteiger charge is 2.31. The SMILES string of the molecule is CC(C)(C)CC(=O)C(CCC1CCCC1)CC1CC1. The van der Waals surface area contributed by atoms with Crippen molar-refractivity contribution in [3.05, 3.63) is 0 Å². The van der Waals surface area contributed by atoms with Gasteiger partial charge in [0.05, 0.1) is 0 Å². The van der Waals surface area contributed by atoms with Crippen molar-refractivity contribution in [2.45, 2.75) is 85.0 Å². The third-order valence-corrected chi connectivity index (χ3v) is 4.87. The van der Waals surface area contributed by atoms with Crippen molar-refractivity contribution in [1.82, 2.24) is 0 Å². The van der Waals surface area contributed by atoms with Gasteiger partial charge in [-0.2, -0.15) is 0 Å². The Bertz CT molecular complexity index is 289. The fourth-order valence-corrected chi connectivity index (χ4v) is 3.57. The van der Waals surface area contributed by atoms with Gasteiger partial charge in [-0.05, 0) is 36.5 Å². The molecule has 2 rings (SSSR count). The van der Waals surface area contributed by atoms with E-state index in [4.69, 9.17) is 0 Å². The summed E-state index contributed by atoms with van der Waals surface area (Å²) >= 11 is 0. The van der Waals surface area contributed by atoms with E-state index in [-0.39, 0.29) is 5.41 Å². The number of rotatable bonds is 7. The molecule has 0 heterocycles. The van der Waals surface area contributed by atoms with Gasteiger partial charge in [0.2, 0.25) is 0 Å². The average molecular weight is 264 g/mol. The molecule has 2 aliphatic rings. The quantitative estimate of drug-likeness (QED) is 0.603. The molecule has 1 atom stereocenters. The molecule has 19 heavy (non-hydrogen) atoms. The van der Waals surface area contributed by atoms with Crippen LogP contribution in [-0.2, 0) is 4.79 Å². The van der Waals surface area contributed by atoms with Gasteiger partial charge in [-0.25, -0.2) is 0 Å². The zero-order chi connectivity index (χ0) is 13.9. The first-order valence-corrected chi connectivity index (χ1v) is 8.47. The fourth-order valence-electron chi connectivity index (χ4n) is 3.57. The third-order valence-electron chi connectivity index (χ3n) is 4.87. The minimum absolute atomic E-state index is 0.159. The number of carbonyl (C=O) groups is 1. The summed E-state index contributed by atoms with van der Waals surface area (Å²) in [5.41, 5.74) is 0.159. The van der Waals surface area contributed by atoms with Gasteiger partial charge in [-0.15, -0.1) is 0 Å². The standard InChI is InChI=1S/C18H32O/c1-18(2,3)13-17(19)16(12-15-8-9-15)11-10-14-6-4-5-7-14/h14-16H,4-13H2,1-3H3. The van der Waals surface area contributed by atoms with Crippen LogP contribution >= 0.6 is 0 Å². The first-order chi connectivity index (χ1) is 8.94. The summed E-state index contributed by atoms with van der Waals surface area (Å²) < 4.78 is 0. The van der Waals surface area contributed by atoms with Crippen LogP contribution in [0.15, 0.2) is 0 Å². The smallest absolute Gasteiger partial charge is 0.136 e. The van der Waals surface area contributed by atoms with E-state index in [0.29, 0.717) is 11.7 Å². The highest BCUT2D eigenvalue weighted by Crippen LogP contribution is 2.39. The molecule has 0 aliphatic heterocycles. The zero-order valence-electron chi connectivity index (χ0n) is 13.2. The third kappa shape index (κ3) is 5.67. The van der Waals surface area contributed by atoms with E-state index in [0.717, 1.165) is 18.3 Å². The molecule has 0 N–H and O–H groups in total. The van der Waals surface area contributed by atoms with Gasteiger partial charge in [0.25, 0.3) is 0 Å². The molecule has 1 heteroatoms. The molecule has 0 saturated heterocycles. The summed E-state index contributed by atoms with van der Waals surface area (Å²) in [6, 6.07) is 0. The predicted molar refractivity (Wildman–Crippen MR) is 81.1 cm³/mol. The van der Waals surface area contributed by atoms with E-state index >= 15 is 0 Å². The minimum Gasteiger partial charge on any atom is -0.299 e. The van der Waals surface area contributed by atoms with E-state index < -0.39 is 0 Å². The number of carbonyl (C=O) groups excluding carboxylic acids is 1. The topological polar surface area (TPSA) is 17.1 Å². The molecule has 1 nitrogen and oxygen atoms in total. The van der Waals surface area contributed by atoms with E-state index in [1.165, 1.54) is 57.8 Å². The van der Waals surface area contributed by atoms with Gasteiger partial charge in [-0.3, -0.25) is 4.79 Å². The largest absolute Gasteiger partial charge is 0.299 e. The van der Waals surface area contributed by atoms with Crippen LogP contribution in [-0.4, -0.2) is 5.78 Å². The molecule has 0 aromatic heterocycles. The van der Waals surface area contributed by atoms with Crippen molar-refractivity contribution in [1.29, 1.82) is 0 Å². The summed E-state index contributed by atoms with van der Waals surface area (Å²) in [7, 11) is 0. The number of hydrogen-bond acceptors (Lipinski definition) is 1. The van der Waals surface area contributed by atoms with E-state index in [1.807, 2.05) is 0 Å². The van der Waals surface area contributed by atoms with Gasteiger partial charge in [0.15, 0.2) is 0 Å². The average Bonchev–Trinajstić information content (AvgIpc) is 2.95. The molecule has 1 unspecified atom stereocenters. The molecule has 2 fully saturated rings. The lowest BCUT2D eigenvalue weighted by molar-refractivity contribution is -0.125. The molecule has 110 valence electrons. The van der Waals surface area contributed by atoms with Gasteiger partial charge >= 0.3 is 0 Å². The van der Waals surface area contributed by atoms with Crippen LogP contribution in [0.5, 0.6) is 0 Å². The van der Waals surface area contributed by atoms with Crippen LogP contribution in [0.25, 0.3) is 0 Å². The molecule has 0 aromatic carbocycles. The lowest BCUT2D eigenvalue weighted by Gasteiger charge is -2.23. The Balaban J connectivity index is 1.81. The van der Waals surface area contributed by atoms with Crippen LogP contribution in [0, 0.1) is 23.2 Å². The Morgan fingerprint density at radius 1 is 1.05 bits per heavy atom. The number of Topliss-reactive ketones (excluding diaryl/α,β-unsaturated/α-hetero) is 1. The summed E-state index contributed by atoms with van der Waals surface area (Å²) in [4.78, 5) is 12.5. The first-order valence-electron chi connectivity index (χ1n) is 8.47. The molecule has 0 amide bonds. The molecular formula is C18H32O. The Morgan fingerprint density at radius 2 is 1.68 bits per heavy atom. The van der Waals surface area contributed by atoms with Crippen molar-refractivity contribution in [2.75, 3.05) is 0 Å². The second-order valence-electron chi connectivity index (χ2n) is 8.31. The second kappa shape index (κ2) is 6.41. The zero-order valence-corrected chi connectivity index (χ0v) is 13.2. The lowest BCUT2D eigenvalue weighted by Crippen LogP contribution is -2.22. The summed E-state index contributed by atoms with van der Waals surface area (Å²) in [6.07, 6.45) is 12.9. The van der Waals surface area contributed by atoms with Crippen molar-refractivity contribution in [3.63, 3.8) is 0 Å². The van der Waals surface area contributed by atoms with Crippen LogP contribution < -0.4 is 0 Å². The molecule has 0 radical (unpaired) electrons. The van der Waals surface area contributed by atoms with Crippen molar-refractivity contribution in [3.8, 4) is 0 Å². The van der Waals surface area contributed by atoms with Gasteiger partial charge in [0.1, 0.15) is 5.78 Å². The van der Waals surface area contributed by atoms with Gasteiger partial charge < -0.3 is 0 Å². The highest BCUT2D eigenvalue weighted by atomic mass is 16.1.